The molecule has 0 N–H and O–H groups in total. The summed E-state index contributed by atoms with van der Waals surface area (Å²) >= 11 is 0. The molecule has 3 aromatic carbocycles. The van der Waals surface area contributed by atoms with Crippen molar-refractivity contribution in [2.45, 2.75) is 0 Å². The average molecular weight is 304 g/mol. The summed E-state index contributed by atoms with van der Waals surface area (Å²) in [5.74, 6) is -0.553. The summed E-state index contributed by atoms with van der Waals surface area (Å²) in [7, 11) is 1.29. The van der Waals surface area contributed by atoms with Gasteiger partial charge in [-0.15, -0.1) is 0 Å². The van der Waals surface area contributed by atoms with Crippen LogP contribution in [0.3, 0.4) is 0 Å². The molecule has 4 nitrogen and oxygen atoms in total. The van der Waals surface area contributed by atoms with Gasteiger partial charge in [0, 0.05) is 0 Å². The third kappa shape index (κ3) is 1.92. The number of fused-ring (bicyclic) bond motifs is 4. The normalized spacial score (nSPS) is 11.2. The number of methoxy groups -OCH3 is 1. The van der Waals surface area contributed by atoms with Gasteiger partial charge in [-0.25, -0.2) is 4.79 Å². The number of benzene rings is 3. The van der Waals surface area contributed by atoms with Crippen molar-refractivity contribution in [3.8, 4) is 0 Å². The molecule has 0 amide bonds. The number of rotatable bonds is 1. The minimum atomic E-state index is -0.553. The van der Waals surface area contributed by atoms with Crippen molar-refractivity contribution in [1.29, 1.82) is 0 Å². The van der Waals surface area contributed by atoms with Crippen LogP contribution < -0.4 is 5.43 Å². The van der Waals surface area contributed by atoms with Crippen LogP contribution in [0.1, 0.15) is 10.4 Å². The number of esters is 1. The lowest BCUT2D eigenvalue weighted by Crippen LogP contribution is -2.10. The van der Waals surface area contributed by atoms with Crippen LogP contribution in [0, 0.1) is 0 Å². The Labute approximate surface area is 130 Å². The van der Waals surface area contributed by atoms with Crippen molar-refractivity contribution in [2.24, 2.45) is 0 Å². The molecule has 0 aliphatic carbocycles. The molecular weight excluding hydrogens is 292 g/mol. The summed E-state index contributed by atoms with van der Waals surface area (Å²) in [5.41, 5.74) is 0.872. The van der Waals surface area contributed by atoms with E-state index in [1.54, 1.807) is 24.3 Å². The van der Waals surface area contributed by atoms with E-state index in [9.17, 15) is 9.59 Å². The van der Waals surface area contributed by atoms with Crippen LogP contribution in [0.2, 0.25) is 0 Å². The van der Waals surface area contributed by atoms with Crippen molar-refractivity contribution < 1.29 is 13.9 Å². The van der Waals surface area contributed by atoms with E-state index in [1.165, 1.54) is 7.11 Å². The molecule has 0 fully saturated rings. The SMILES string of the molecule is COC(=O)c1cccc2oc3ccc4ccccc4c3c(=O)c12. The van der Waals surface area contributed by atoms with Crippen LogP contribution >= 0.6 is 0 Å². The molecule has 0 bridgehead atoms. The number of hydrogen-bond donors (Lipinski definition) is 0. The summed E-state index contributed by atoms with van der Waals surface area (Å²) in [6.07, 6.45) is 0. The highest BCUT2D eigenvalue weighted by atomic mass is 16.5. The van der Waals surface area contributed by atoms with Gasteiger partial charge in [0.05, 0.1) is 23.4 Å². The van der Waals surface area contributed by atoms with Crippen molar-refractivity contribution in [1.82, 2.24) is 0 Å². The van der Waals surface area contributed by atoms with Gasteiger partial charge in [0.25, 0.3) is 0 Å². The van der Waals surface area contributed by atoms with Gasteiger partial charge in [0.15, 0.2) is 0 Å². The van der Waals surface area contributed by atoms with Crippen molar-refractivity contribution >= 4 is 38.7 Å². The fourth-order valence-corrected chi connectivity index (χ4v) is 2.94. The molecule has 0 unspecified atom stereocenters. The van der Waals surface area contributed by atoms with E-state index in [0.29, 0.717) is 16.6 Å². The van der Waals surface area contributed by atoms with E-state index >= 15 is 0 Å². The van der Waals surface area contributed by atoms with Gasteiger partial charge >= 0.3 is 5.97 Å². The molecule has 4 aromatic rings. The Morgan fingerprint density at radius 2 is 1.70 bits per heavy atom. The molecule has 4 rings (SSSR count). The van der Waals surface area contributed by atoms with Crippen LogP contribution in [0.25, 0.3) is 32.7 Å². The zero-order valence-corrected chi connectivity index (χ0v) is 12.3. The summed E-state index contributed by atoms with van der Waals surface area (Å²) in [6.45, 7) is 0. The largest absolute Gasteiger partial charge is 0.465 e. The van der Waals surface area contributed by atoms with Crippen LogP contribution in [0.15, 0.2) is 63.8 Å². The molecule has 0 saturated carbocycles. The summed E-state index contributed by atoms with van der Waals surface area (Å²) in [6, 6.07) is 16.2. The van der Waals surface area contributed by atoms with Crippen LogP contribution in [0.5, 0.6) is 0 Å². The lowest BCUT2D eigenvalue weighted by atomic mass is 10.0. The number of ether oxygens (including phenoxy) is 1. The molecule has 0 spiro atoms. The predicted octanol–water partition coefficient (Wildman–Crippen LogP) is 3.89. The second-order valence-corrected chi connectivity index (χ2v) is 5.26. The zero-order valence-electron chi connectivity index (χ0n) is 12.3. The Morgan fingerprint density at radius 3 is 2.52 bits per heavy atom. The Morgan fingerprint density at radius 1 is 0.913 bits per heavy atom. The number of carbonyl (C=O) groups is 1. The highest BCUT2D eigenvalue weighted by Crippen LogP contribution is 2.27. The lowest BCUT2D eigenvalue weighted by molar-refractivity contribution is 0.0603. The van der Waals surface area contributed by atoms with Crippen molar-refractivity contribution in [3.63, 3.8) is 0 Å². The Bertz CT molecular complexity index is 1140. The van der Waals surface area contributed by atoms with Crippen LogP contribution in [0.4, 0.5) is 0 Å². The fourth-order valence-electron chi connectivity index (χ4n) is 2.94. The first-order valence-corrected chi connectivity index (χ1v) is 7.16. The lowest BCUT2D eigenvalue weighted by Gasteiger charge is -2.07. The van der Waals surface area contributed by atoms with E-state index in [4.69, 9.17) is 9.15 Å². The molecular formula is C19H12O4. The van der Waals surface area contributed by atoms with Gasteiger partial charge in [-0.3, -0.25) is 4.79 Å². The second-order valence-electron chi connectivity index (χ2n) is 5.26. The topological polar surface area (TPSA) is 56.5 Å². The molecule has 112 valence electrons. The summed E-state index contributed by atoms with van der Waals surface area (Å²) in [4.78, 5) is 25.1. The Balaban J connectivity index is 2.28. The maximum Gasteiger partial charge on any atom is 0.338 e. The van der Waals surface area contributed by atoms with Gasteiger partial charge in [-0.05, 0) is 29.0 Å². The number of hydrogen-bond acceptors (Lipinski definition) is 4. The van der Waals surface area contributed by atoms with Gasteiger partial charge < -0.3 is 9.15 Å². The molecule has 0 atom stereocenters. The van der Waals surface area contributed by atoms with Gasteiger partial charge in [-0.1, -0.05) is 36.4 Å². The maximum absolute atomic E-state index is 13.1. The quantitative estimate of drug-likeness (QED) is 0.304. The van der Waals surface area contributed by atoms with Gasteiger partial charge in [0.1, 0.15) is 11.2 Å². The van der Waals surface area contributed by atoms with Crippen molar-refractivity contribution in [2.75, 3.05) is 7.11 Å². The second kappa shape index (κ2) is 4.95. The van der Waals surface area contributed by atoms with Crippen LogP contribution in [-0.2, 0) is 4.74 Å². The number of carbonyl (C=O) groups excluding carboxylic acids is 1. The molecule has 1 aromatic heterocycles. The zero-order chi connectivity index (χ0) is 16.0. The molecule has 4 heteroatoms. The minimum Gasteiger partial charge on any atom is -0.465 e. The first-order valence-electron chi connectivity index (χ1n) is 7.16. The van der Waals surface area contributed by atoms with E-state index in [2.05, 4.69) is 0 Å². The maximum atomic E-state index is 13.1. The van der Waals surface area contributed by atoms with Crippen LogP contribution in [-0.4, -0.2) is 13.1 Å². The van der Waals surface area contributed by atoms with Gasteiger partial charge in [-0.2, -0.15) is 0 Å². The molecule has 0 radical (unpaired) electrons. The van der Waals surface area contributed by atoms with E-state index in [1.807, 2.05) is 30.3 Å². The Kier molecular flexibility index (Phi) is 2.91. The fraction of sp³-hybridized carbons (Fsp3) is 0.0526. The minimum absolute atomic E-state index is 0.216. The van der Waals surface area contributed by atoms with E-state index < -0.39 is 5.97 Å². The smallest absolute Gasteiger partial charge is 0.338 e. The first kappa shape index (κ1) is 13.5. The Hall–Kier alpha value is -3.14. The predicted molar refractivity (Wildman–Crippen MR) is 88.8 cm³/mol. The molecule has 0 saturated heterocycles. The average Bonchev–Trinajstić information content (AvgIpc) is 2.60. The highest BCUT2D eigenvalue weighted by molar-refractivity contribution is 6.11. The summed E-state index contributed by atoms with van der Waals surface area (Å²) < 4.78 is 10.6. The van der Waals surface area contributed by atoms with E-state index in [-0.39, 0.29) is 16.4 Å². The molecule has 1 heterocycles. The third-order valence-electron chi connectivity index (χ3n) is 4.00. The first-order chi connectivity index (χ1) is 11.2. The van der Waals surface area contributed by atoms with Crippen molar-refractivity contribution in [3.05, 3.63) is 70.4 Å². The summed E-state index contributed by atoms with van der Waals surface area (Å²) in [5, 5.41) is 2.48. The molecule has 0 aliphatic heterocycles. The van der Waals surface area contributed by atoms with Gasteiger partial charge in [0.2, 0.25) is 5.43 Å². The monoisotopic (exact) mass is 304 g/mol. The standard InChI is InChI=1S/C19H12O4/c1-22-19(21)13-7-4-8-14-17(13)18(20)16-12-6-3-2-5-11(12)9-10-15(16)23-14/h2-10H,1H3. The highest BCUT2D eigenvalue weighted by Gasteiger charge is 2.17. The molecule has 0 aliphatic rings. The third-order valence-corrected chi connectivity index (χ3v) is 4.00. The van der Waals surface area contributed by atoms with E-state index in [0.717, 1.165) is 10.8 Å². The molecule has 23 heavy (non-hydrogen) atoms.